The first kappa shape index (κ1) is 15.0. The van der Waals surface area contributed by atoms with Crippen LogP contribution in [-0.2, 0) is 0 Å². The van der Waals surface area contributed by atoms with Crippen LogP contribution in [0.15, 0.2) is 36.4 Å². The monoisotopic (exact) mass is 284 g/mol. The van der Waals surface area contributed by atoms with Crippen LogP contribution in [0.25, 0.3) is 0 Å². The minimum absolute atomic E-state index is 0.145. The van der Waals surface area contributed by atoms with E-state index in [0.717, 1.165) is 5.69 Å². The van der Waals surface area contributed by atoms with Crippen LogP contribution >= 0.6 is 0 Å². The standard InChI is InChI=1S/C17H20N2O2/c1-11-5-7-16(12(2)9-11)14(4)18-15-6-8-17(19(20)21)13(3)10-15/h5-10,14,18H,1-4H3. The summed E-state index contributed by atoms with van der Waals surface area (Å²) in [5.74, 6) is 0. The Morgan fingerprint density at radius 2 is 1.76 bits per heavy atom. The van der Waals surface area contributed by atoms with E-state index in [2.05, 4.69) is 44.3 Å². The number of nitro benzene ring substituents is 1. The van der Waals surface area contributed by atoms with Crippen LogP contribution in [0.2, 0.25) is 0 Å². The molecular formula is C17H20N2O2. The molecule has 0 saturated heterocycles. The van der Waals surface area contributed by atoms with Crippen molar-refractivity contribution in [2.45, 2.75) is 33.7 Å². The lowest BCUT2D eigenvalue weighted by Crippen LogP contribution is -2.08. The number of hydrogen-bond donors (Lipinski definition) is 1. The summed E-state index contributed by atoms with van der Waals surface area (Å²) in [5.41, 5.74) is 5.43. The van der Waals surface area contributed by atoms with E-state index in [0.29, 0.717) is 5.56 Å². The third-order valence-corrected chi connectivity index (χ3v) is 3.67. The van der Waals surface area contributed by atoms with Gasteiger partial charge in [-0.15, -0.1) is 0 Å². The average Bonchev–Trinajstić information content (AvgIpc) is 2.37. The second-order valence-electron chi connectivity index (χ2n) is 5.48. The van der Waals surface area contributed by atoms with E-state index in [1.54, 1.807) is 19.1 Å². The van der Waals surface area contributed by atoms with Gasteiger partial charge in [0.1, 0.15) is 0 Å². The molecule has 0 aliphatic heterocycles. The van der Waals surface area contributed by atoms with E-state index >= 15 is 0 Å². The number of nitrogens with zero attached hydrogens (tertiary/aromatic N) is 1. The van der Waals surface area contributed by atoms with E-state index in [1.165, 1.54) is 16.7 Å². The molecule has 1 unspecified atom stereocenters. The smallest absolute Gasteiger partial charge is 0.272 e. The van der Waals surface area contributed by atoms with Crippen molar-refractivity contribution in [3.05, 3.63) is 68.8 Å². The van der Waals surface area contributed by atoms with Gasteiger partial charge in [-0.05, 0) is 51.0 Å². The summed E-state index contributed by atoms with van der Waals surface area (Å²) in [5, 5.41) is 14.2. The summed E-state index contributed by atoms with van der Waals surface area (Å²) >= 11 is 0. The molecule has 110 valence electrons. The topological polar surface area (TPSA) is 55.2 Å². The van der Waals surface area contributed by atoms with Crippen LogP contribution < -0.4 is 5.32 Å². The van der Waals surface area contributed by atoms with Crippen LogP contribution in [0, 0.1) is 30.9 Å². The van der Waals surface area contributed by atoms with Crippen LogP contribution in [0.1, 0.15) is 35.2 Å². The molecule has 0 saturated carbocycles. The van der Waals surface area contributed by atoms with Gasteiger partial charge in [-0.3, -0.25) is 10.1 Å². The van der Waals surface area contributed by atoms with Gasteiger partial charge in [0.15, 0.2) is 0 Å². The number of anilines is 1. The fourth-order valence-electron chi connectivity index (χ4n) is 2.59. The van der Waals surface area contributed by atoms with Crippen molar-refractivity contribution in [3.8, 4) is 0 Å². The third-order valence-electron chi connectivity index (χ3n) is 3.67. The van der Waals surface area contributed by atoms with Gasteiger partial charge >= 0.3 is 0 Å². The first-order valence-electron chi connectivity index (χ1n) is 6.97. The van der Waals surface area contributed by atoms with E-state index in [9.17, 15) is 10.1 Å². The number of aryl methyl sites for hydroxylation is 3. The average molecular weight is 284 g/mol. The number of benzene rings is 2. The van der Waals surface area contributed by atoms with Crippen molar-refractivity contribution in [2.24, 2.45) is 0 Å². The normalized spacial score (nSPS) is 12.0. The summed E-state index contributed by atoms with van der Waals surface area (Å²) in [6.07, 6.45) is 0. The Bertz CT molecular complexity index is 680. The quantitative estimate of drug-likeness (QED) is 0.654. The Labute approximate surface area is 125 Å². The van der Waals surface area contributed by atoms with Crippen molar-refractivity contribution >= 4 is 11.4 Å². The van der Waals surface area contributed by atoms with E-state index in [1.807, 2.05) is 6.07 Å². The summed E-state index contributed by atoms with van der Waals surface area (Å²) in [7, 11) is 0. The van der Waals surface area contributed by atoms with Crippen molar-refractivity contribution in [3.63, 3.8) is 0 Å². The minimum atomic E-state index is -0.355. The van der Waals surface area contributed by atoms with Gasteiger partial charge in [0.05, 0.1) is 4.92 Å². The highest BCUT2D eigenvalue weighted by atomic mass is 16.6. The molecule has 2 aromatic carbocycles. The van der Waals surface area contributed by atoms with Gasteiger partial charge in [0.25, 0.3) is 5.69 Å². The number of hydrogen-bond acceptors (Lipinski definition) is 3. The largest absolute Gasteiger partial charge is 0.378 e. The number of rotatable bonds is 4. The highest BCUT2D eigenvalue weighted by Gasteiger charge is 2.12. The second-order valence-corrected chi connectivity index (χ2v) is 5.48. The fraction of sp³-hybridized carbons (Fsp3) is 0.294. The third kappa shape index (κ3) is 3.40. The maximum atomic E-state index is 10.8. The van der Waals surface area contributed by atoms with Gasteiger partial charge in [0.2, 0.25) is 0 Å². The molecule has 0 heterocycles. The molecule has 1 atom stereocenters. The lowest BCUT2D eigenvalue weighted by atomic mass is 10.00. The molecule has 0 aromatic heterocycles. The molecule has 0 bridgehead atoms. The first-order chi connectivity index (χ1) is 9.88. The number of nitrogens with one attached hydrogen (secondary N) is 1. The van der Waals surface area contributed by atoms with Crippen molar-refractivity contribution in [1.82, 2.24) is 0 Å². The summed E-state index contributed by atoms with van der Waals surface area (Å²) in [6.45, 7) is 8.02. The van der Waals surface area contributed by atoms with Gasteiger partial charge < -0.3 is 5.32 Å². The van der Waals surface area contributed by atoms with E-state index in [-0.39, 0.29) is 16.7 Å². The molecule has 2 rings (SSSR count). The Balaban J connectivity index is 2.21. The Morgan fingerprint density at radius 3 is 2.33 bits per heavy atom. The lowest BCUT2D eigenvalue weighted by molar-refractivity contribution is -0.385. The highest BCUT2D eigenvalue weighted by molar-refractivity contribution is 5.54. The molecule has 21 heavy (non-hydrogen) atoms. The SMILES string of the molecule is Cc1ccc(C(C)Nc2ccc([N+](=O)[O-])c(C)c2)c(C)c1. The van der Waals surface area contributed by atoms with Crippen molar-refractivity contribution in [2.75, 3.05) is 5.32 Å². The van der Waals surface area contributed by atoms with Crippen LogP contribution in [-0.4, -0.2) is 4.92 Å². The molecule has 0 radical (unpaired) electrons. The Hall–Kier alpha value is -2.36. The zero-order valence-corrected chi connectivity index (χ0v) is 12.8. The Morgan fingerprint density at radius 1 is 1.05 bits per heavy atom. The zero-order chi connectivity index (χ0) is 15.6. The molecular weight excluding hydrogens is 264 g/mol. The maximum absolute atomic E-state index is 10.8. The molecule has 4 nitrogen and oxygen atoms in total. The summed E-state index contributed by atoms with van der Waals surface area (Å²) < 4.78 is 0. The molecule has 1 N–H and O–H groups in total. The van der Waals surface area contributed by atoms with E-state index in [4.69, 9.17) is 0 Å². The molecule has 4 heteroatoms. The maximum Gasteiger partial charge on any atom is 0.272 e. The molecule has 0 amide bonds. The highest BCUT2D eigenvalue weighted by Crippen LogP contribution is 2.26. The zero-order valence-electron chi connectivity index (χ0n) is 12.8. The predicted octanol–water partition coefficient (Wildman–Crippen LogP) is 4.69. The minimum Gasteiger partial charge on any atom is -0.378 e. The molecule has 0 spiro atoms. The Kier molecular flexibility index (Phi) is 4.26. The number of nitro groups is 1. The lowest BCUT2D eigenvalue weighted by Gasteiger charge is -2.18. The van der Waals surface area contributed by atoms with Gasteiger partial charge in [-0.1, -0.05) is 23.8 Å². The van der Waals surface area contributed by atoms with Gasteiger partial charge in [-0.2, -0.15) is 0 Å². The van der Waals surface area contributed by atoms with E-state index < -0.39 is 0 Å². The first-order valence-corrected chi connectivity index (χ1v) is 6.97. The van der Waals surface area contributed by atoms with Crippen molar-refractivity contribution < 1.29 is 4.92 Å². The van der Waals surface area contributed by atoms with Crippen molar-refractivity contribution in [1.29, 1.82) is 0 Å². The van der Waals surface area contributed by atoms with Crippen LogP contribution in [0.4, 0.5) is 11.4 Å². The van der Waals surface area contributed by atoms with Gasteiger partial charge in [0, 0.05) is 23.4 Å². The molecule has 0 aliphatic carbocycles. The summed E-state index contributed by atoms with van der Waals surface area (Å²) in [4.78, 5) is 10.5. The fourth-order valence-corrected chi connectivity index (χ4v) is 2.59. The van der Waals surface area contributed by atoms with Crippen LogP contribution in [0.3, 0.4) is 0 Å². The van der Waals surface area contributed by atoms with Crippen LogP contribution in [0.5, 0.6) is 0 Å². The predicted molar refractivity (Wildman–Crippen MR) is 85.8 cm³/mol. The molecule has 0 fully saturated rings. The molecule has 2 aromatic rings. The van der Waals surface area contributed by atoms with Gasteiger partial charge in [-0.25, -0.2) is 0 Å². The molecule has 0 aliphatic rings. The summed E-state index contributed by atoms with van der Waals surface area (Å²) in [6, 6.07) is 11.7. The second kappa shape index (κ2) is 5.95.